The quantitative estimate of drug-likeness (QED) is 0.860. The van der Waals surface area contributed by atoms with Crippen molar-refractivity contribution < 1.29 is 0 Å². The molecule has 0 aliphatic rings. The molecule has 0 bridgehead atoms. The summed E-state index contributed by atoms with van der Waals surface area (Å²) >= 11 is 3.40. The van der Waals surface area contributed by atoms with E-state index in [1.165, 1.54) is 6.33 Å². The van der Waals surface area contributed by atoms with Crippen LogP contribution >= 0.6 is 15.9 Å². The number of rotatable bonds is 2. The molecule has 0 saturated carbocycles. The van der Waals surface area contributed by atoms with Gasteiger partial charge in [0, 0.05) is 7.05 Å². The Labute approximate surface area is 94.7 Å². The van der Waals surface area contributed by atoms with Gasteiger partial charge in [-0.3, -0.25) is 5.10 Å². The predicted octanol–water partition coefficient (Wildman–Crippen LogP) is 1.37. The molecular weight excluding hydrogens is 260 g/mol. The second kappa shape index (κ2) is 3.93. The highest BCUT2D eigenvalue weighted by Crippen LogP contribution is 2.24. The van der Waals surface area contributed by atoms with Gasteiger partial charge in [0.15, 0.2) is 11.6 Å². The second-order valence-corrected chi connectivity index (χ2v) is 3.67. The van der Waals surface area contributed by atoms with E-state index < -0.39 is 0 Å². The van der Waals surface area contributed by atoms with Crippen LogP contribution in [0.3, 0.4) is 0 Å². The molecule has 0 aliphatic heterocycles. The molecule has 0 radical (unpaired) electrons. The van der Waals surface area contributed by atoms with Crippen LogP contribution in [0.15, 0.2) is 10.8 Å². The first-order valence-electron chi connectivity index (χ1n) is 4.30. The van der Waals surface area contributed by atoms with Crippen molar-refractivity contribution in [3.05, 3.63) is 16.5 Å². The lowest BCUT2D eigenvalue weighted by Crippen LogP contribution is -2.01. The van der Waals surface area contributed by atoms with Crippen LogP contribution in [0.1, 0.15) is 5.69 Å². The van der Waals surface area contributed by atoms with Crippen molar-refractivity contribution in [1.82, 2.24) is 25.1 Å². The Kier molecular flexibility index (Phi) is 2.63. The number of hydrogen-bond acceptors (Lipinski definition) is 5. The fourth-order valence-corrected chi connectivity index (χ4v) is 1.52. The Hall–Kier alpha value is -1.50. The third-order valence-corrected chi connectivity index (χ3v) is 2.83. The van der Waals surface area contributed by atoms with Crippen LogP contribution in [0.5, 0.6) is 0 Å². The van der Waals surface area contributed by atoms with Gasteiger partial charge in [0.05, 0.1) is 10.2 Å². The van der Waals surface area contributed by atoms with E-state index in [4.69, 9.17) is 0 Å². The molecule has 0 fully saturated rings. The van der Waals surface area contributed by atoms with Crippen molar-refractivity contribution in [1.29, 1.82) is 0 Å². The molecule has 0 aliphatic carbocycles. The summed E-state index contributed by atoms with van der Waals surface area (Å²) in [6.07, 6.45) is 1.43. The molecule has 0 aromatic carbocycles. The first-order valence-corrected chi connectivity index (χ1v) is 5.09. The van der Waals surface area contributed by atoms with E-state index in [9.17, 15) is 0 Å². The van der Waals surface area contributed by atoms with Gasteiger partial charge in [-0.05, 0) is 22.9 Å². The SMILES string of the molecule is CNc1nc(-c2ncn[nH]2)nc(C)c1Br. The highest BCUT2D eigenvalue weighted by Gasteiger charge is 2.11. The number of hydrogen-bond donors (Lipinski definition) is 2. The second-order valence-electron chi connectivity index (χ2n) is 2.88. The zero-order chi connectivity index (χ0) is 10.8. The van der Waals surface area contributed by atoms with E-state index in [0.717, 1.165) is 16.0 Å². The van der Waals surface area contributed by atoms with Gasteiger partial charge in [-0.25, -0.2) is 15.0 Å². The average Bonchev–Trinajstić information content (AvgIpc) is 2.75. The Morgan fingerprint density at radius 2 is 2.20 bits per heavy atom. The van der Waals surface area contributed by atoms with Gasteiger partial charge in [-0.1, -0.05) is 0 Å². The van der Waals surface area contributed by atoms with Crippen molar-refractivity contribution >= 4 is 21.7 Å². The fraction of sp³-hybridized carbons (Fsp3) is 0.250. The molecule has 2 heterocycles. The van der Waals surface area contributed by atoms with Gasteiger partial charge < -0.3 is 5.32 Å². The summed E-state index contributed by atoms with van der Waals surface area (Å²) in [5.74, 6) is 1.81. The number of nitrogens with one attached hydrogen (secondary N) is 2. The third-order valence-electron chi connectivity index (χ3n) is 1.88. The van der Waals surface area contributed by atoms with Crippen LogP contribution in [0.25, 0.3) is 11.6 Å². The molecule has 6 nitrogen and oxygen atoms in total. The molecule has 2 N–H and O–H groups in total. The van der Waals surface area contributed by atoms with Crippen molar-refractivity contribution in [3.8, 4) is 11.6 Å². The summed E-state index contributed by atoms with van der Waals surface area (Å²) in [5.41, 5.74) is 0.848. The normalized spacial score (nSPS) is 10.3. The standard InChI is InChI=1S/C8H9BrN6/c1-4-5(9)6(10-2)14-8(13-4)7-11-3-12-15-7/h3H,1-2H3,(H,10,13,14)(H,11,12,15). The van der Waals surface area contributed by atoms with Crippen molar-refractivity contribution in [3.63, 3.8) is 0 Å². The van der Waals surface area contributed by atoms with E-state index in [1.807, 2.05) is 6.92 Å². The minimum Gasteiger partial charge on any atom is -0.372 e. The van der Waals surface area contributed by atoms with Crippen molar-refractivity contribution in [2.45, 2.75) is 6.92 Å². The lowest BCUT2D eigenvalue weighted by molar-refractivity contribution is 1.03. The Balaban J connectivity index is 2.55. The van der Waals surface area contributed by atoms with Crippen LogP contribution in [0, 0.1) is 6.92 Å². The van der Waals surface area contributed by atoms with E-state index in [0.29, 0.717) is 11.6 Å². The van der Waals surface area contributed by atoms with Crippen LogP contribution < -0.4 is 5.32 Å². The van der Waals surface area contributed by atoms with Gasteiger partial charge >= 0.3 is 0 Å². The maximum absolute atomic E-state index is 4.29. The molecule has 0 amide bonds. The van der Waals surface area contributed by atoms with Gasteiger partial charge in [0.2, 0.25) is 0 Å². The topological polar surface area (TPSA) is 79.4 Å². The Bertz CT molecular complexity index is 466. The highest BCUT2D eigenvalue weighted by molar-refractivity contribution is 9.10. The molecule has 0 spiro atoms. The number of halogens is 1. The van der Waals surface area contributed by atoms with Crippen LogP contribution in [0.4, 0.5) is 5.82 Å². The summed E-state index contributed by atoms with van der Waals surface area (Å²) in [4.78, 5) is 12.6. The van der Waals surface area contributed by atoms with Crippen molar-refractivity contribution in [2.75, 3.05) is 12.4 Å². The zero-order valence-electron chi connectivity index (χ0n) is 8.24. The Morgan fingerprint density at radius 3 is 2.80 bits per heavy atom. The molecule has 0 unspecified atom stereocenters. The first-order chi connectivity index (χ1) is 7.22. The lowest BCUT2D eigenvalue weighted by atomic mass is 10.4. The maximum Gasteiger partial charge on any atom is 0.199 e. The highest BCUT2D eigenvalue weighted by atomic mass is 79.9. The number of anilines is 1. The number of nitrogens with zero attached hydrogens (tertiary/aromatic N) is 4. The Morgan fingerprint density at radius 1 is 1.40 bits per heavy atom. The number of aryl methyl sites for hydroxylation is 1. The summed E-state index contributed by atoms with van der Waals surface area (Å²) in [7, 11) is 1.80. The summed E-state index contributed by atoms with van der Waals surface area (Å²) in [6, 6.07) is 0. The molecule has 2 aromatic rings. The van der Waals surface area contributed by atoms with E-state index in [2.05, 4.69) is 46.4 Å². The molecule has 15 heavy (non-hydrogen) atoms. The molecule has 2 aromatic heterocycles. The fourth-order valence-electron chi connectivity index (χ4n) is 1.14. The third kappa shape index (κ3) is 1.82. The van der Waals surface area contributed by atoms with Crippen LogP contribution in [-0.2, 0) is 0 Å². The largest absolute Gasteiger partial charge is 0.372 e. The molecule has 0 saturated heterocycles. The van der Waals surface area contributed by atoms with E-state index in [-0.39, 0.29) is 0 Å². The molecular formula is C8H9BrN6. The smallest absolute Gasteiger partial charge is 0.199 e. The van der Waals surface area contributed by atoms with Gasteiger partial charge in [0.1, 0.15) is 12.1 Å². The lowest BCUT2D eigenvalue weighted by Gasteiger charge is -2.06. The number of H-pyrrole nitrogens is 1. The van der Waals surface area contributed by atoms with Crippen LogP contribution in [0.2, 0.25) is 0 Å². The summed E-state index contributed by atoms with van der Waals surface area (Å²) in [6.45, 7) is 1.90. The monoisotopic (exact) mass is 268 g/mol. The van der Waals surface area contributed by atoms with Crippen molar-refractivity contribution in [2.24, 2.45) is 0 Å². The van der Waals surface area contributed by atoms with E-state index in [1.54, 1.807) is 7.05 Å². The number of aromatic amines is 1. The molecule has 78 valence electrons. The maximum atomic E-state index is 4.29. The van der Waals surface area contributed by atoms with Crippen LogP contribution in [-0.4, -0.2) is 32.2 Å². The van der Waals surface area contributed by atoms with Gasteiger partial charge in [-0.2, -0.15) is 5.10 Å². The summed E-state index contributed by atoms with van der Waals surface area (Å²) < 4.78 is 0.855. The molecule has 0 atom stereocenters. The molecule has 2 rings (SSSR count). The average molecular weight is 269 g/mol. The first kappa shape index (κ1) is 10.0. The number of aromatic nitrogens is 5. The summed E-state index contributed by atoms with van der Waals surface area (Å²) in [5, 5.41) is 9.46. The minimum absolute atomic E-state index is 0.526. The van der Waals surface area contributed by atoms with Gasteiger partial charge in [0.25, 0.3) is 0 Å². The van der Waals surface area contributed by atoms with Gasteiger partial charge in [-0.15, -0.1) is 0 Å². The predicted molar refractivity (Wildman–Crippen MR) is 59.4 cm³/mol. The minimum atomic E-state index is 0.526. The van der Waals surface area contributed by atoms with E-state index >= 15 is 0 Å². The molecule has 7 heteroatoms. The zero-order valence-corrected chi connectivity index (χ0v) is 9.83.